The van der Waals surface area contributed by atoms with Crippen LogP contribution < -0.4 is 10.2 Å². The van der Waals surface area contributed by atoms with Gasteiger partial charge >= 0.3 is 0 Å². The van der Waals surface area contributed by atoms with Crippen molar-refractivity contribution in [2.45, 2.75) is 25.9 Å². The zero-order valence-electron chi connectivity index (χ0n) is 11.9. The largest absolute Gasteiger partial charge is 0.472 e. The lowest BCUT2D eigenvalue weighted by Crippen LogP contribution is -2.17. The summed E-state index contributed by atoms with van der Waals surface area (Å²) in [5.41, 5.74) is 3.75. The fourth-order valence-electron chi connectivity index (χ4n) is 2.32. The Morgan fingerprint density at radius 3 is 2.47 bits per heavy atom. The quantitative estimate of drug-likeness (QED) is 0.858. The second-order valence-electron chi connectivity index (χ2n) is 4.83. The Morgan fingerprint density at radius 1 is 1.21 bits per heavy atom. The Bertz CT molecular complexity index is 472. The summed E-state index contributed by atoms with van der Waals surface area (Å²) in [6.45, 7) is 3.05. The number of rotatable bonds is 6. The van der Waals surface area contributed by atoms with Crippen molar-refractivity contribution in [3.63, 3.8) is 0 Å². The van der Waals surface area contributed by atoms with Crippen LogP contribution in [0, 0.1) is 0 Å². The van der Waals surface area contributed by atoms with E-state index < -0.39 is 0 Å². The van der Waals surface area contributed by atoms with Gasteiger partial charge in [0.05, 0.1) is 12.5 Å². The molecule has 1 heterocycles. The van der Waals surface area contributed by atoms with E-state index in [1.165, 1.54) is 16.8 Å². The molecule has 102 valence electrons. The molecule has 0 fully saturated rings. The van der Waals surface area contributed by atoms with Crippen LogP contribution in [0.15, 0.2) is 47.3 Å². The number of nitrogens with one attached hydrogen (secondary N) is 1. The molecule has 0 spiro atoms. The first-order valence-electron chi connectivity index (χ1n) is 6.74. The number of benzene rings is 1. The van der Waals surface area contributed by atoms with Crippen molar-refractivity contribution >= 4 is 5.69 Å². The molecule has 2 rings (SSSR count). The van der Waals surface area contributed by atoms with E-state index in [1.807, 2.05) is 13.1 Å². The van der Waals surface area contributed by atoms with Gasteiger partial charge in [-0.05, 0) is 37.2 Å². The van der Waals surface area contributed by atoms with Crippen LogP contribution in [0.1, 0.15) is 30.5 Å². The molecule has 0 saturated carbocycles. The maximum Gasteiger partial charge on any atom is 0.0952 e. The second kappa shape index (κ2) is 6.43. The van der Waals surface area contributed by atoms with E-state index in [-0.39, 0.29) is 0 Å². The zero-order valence-corrected chi connectivity index (χ0v) is 11.9. The van der Waals surface area contributed by atoms with Crippen LogP contribution in [0.3, 0.4) is 0 Å². The van der Waals surface area contributed by atoms with E-state index in [0.717, 1.165) is 13.0 Å². The van der Waals surface area contributed by atoms with Gasteiger partial charge in [-0.1, -0.05) is 19.1 Å². The summed E-state index contributed by atoms with van der Waals surface area (Å²) in [6.07, 6.45) is 4.60. The lowest BCUT2D eigenvalue weighted by Gasteiger charge is -2.20. The van der Waals surface area contributed by atoms with Gasteiger partial charge in [0, 0.05) is 30.9 Å². The van der Waals surface area contributed by atoms with Gasteiger partial charge in [-0.15, -0.1) is 0 Å². The van der Waals surface area contributed by atoms with Crippen molar-refractivity contribution in [1.82, 2.24) is 5.32 Å². The lowest BCUT2D eigenvalue weighted by atomic mass is 10.0. The van der Waals surface area contributed by atoms with Gasteiger partial charge in [0.15, 0.2) is 0 Å². The highest BCUT2D eigenvalue weighted by molar-refractivity contribution is 5.47. The molecule has 1 aromatic heterocycles. The van der Waals surface area contributed by atoms with E-state index in [9.17, 15) is 0 Å². The van der Waals surface area contributed by atoms with Crippen molar-refractivity contribution in [2.24, 2.45) is 0 Å². The van der Waals surface area contributed by atoms with Gasteiger partial charge in [0.2, 0.25) is 0 Å². The van der Waals surface area contributed by atoms with E-state index in [1.54, 1.807) is 12.5 Å². The number of nitrogens with zero attached hydrogens (tertiary/aromatic N) is 1. The molecule has 0 saturated heterocycles. The predicted molar refractivity (Wildman–Crippen MR) is 79.3 cm³/mol. The summed E-state index contributed by atoms with van der Waals surface area (Å²) in [4.78, 5) is 2.22. The minimum atomic E-state index is 0.438. The number of anilines is 1. The first-order chi connectivity index (χ1) is 9.24. The van der Waals surface area contributed by atoms with Gasteiger partial charge in [0.1, 0.15) is 0 Å². The topological polar surface area (TPSA) is 28.4 Å². The minimum absolute atomic E-state index is 0.438. The summed E-state index contributed by atoms with van der Waals surface area (Å²) in [7, 11) is 4.10. The average Bonchev–Trinajstić information content (AvgIpc) is 2.94. The minimum Gasteiger partial charge on any atom is -0.472 e. The van der Waals surface area contributed by atoms with Crippen molar-refractivity contribution in [3.05, 3.63) is 54.0 Å². The third-order valence-corrected chi connectivity index (χ3v) is 3.49. The first kappa shape index (κ1) is 13.7. The first-order valence-corrected chi connectivity index (χ1v) is 6.74. The maximum absolute atomic E-state index is 5.10. The highest BCUT2D eigenvalue weighted by atomic mass is 16.3. The van der Waals surface area contributed by atoms with Crippen LogP contribution in [0.2, 0.25) is 0 Å². The normalized spacial score (nSPS) is 12.4. The Labute approximate surface area is 115 Å². The summed E-state index contributed by atoms with van der Waals surface area (Å²) in [6, 6.07) is 11.2. The smallest absolute Gasteiger partial charge is 0.0952 e. The monoisotopic (exact) mass is 258 g/mol. The molecule has 19 heavy (non-hydrogen) atoms. The molecular weight excluding hydrogens is 236 g/mol. The third kappa shape index (κ3) is 3.38. The van der Waals surface area contributed by atoms with E-state index in [0.29, 0.717) is 6.04 Å². The molecule has 3 nitrogen and oxygen atoms in total. The molecule has 0 aliphatic rings. The Morgan fingerprint density at radius 2 is 1.95 bits per heavy atom. The van der Waals surface area contributed by atoms with Crippen molar-refractivity contribution in [3.8, 4) is 0 Å². The molecule has 1 aromatic carbocycles. The van der Waals surface area contributed by atoms with Gasteiger partial charge in [-0.25, -0.2) is 0 Å². The van der Waals surface area contributed by atoms with Crippen molar-refractivity contribution in [1.29, 1.82) is 0 Å². The second-order valence-corrected chi connectivity index (χ2v) is 4.83. The van der Waals surface area contributed by atoms with Gasteiger partial charge < -0.3 is 14.6 Å². The number of hydrogen-bond donors (Lipinski definition) is 1. The molecular formula is C16H22N2O. The number of furan rings is 1. The summed E-state index contributed by atoms with van der Waals surface area (Å²) in [5, 5.41) is 3.33. The Balaban J connectivity index is 2.05. The molecule has 0 aliphatic carbocycles. The predicted octanol–water partition coefficient (Wildman–Crippen LogP) is 3.59. The van der Waals surface area contributed by atoms with E-state index in [2.05, 4.69) is 48.5 Å². The van der Waals surface area contributed by atoms with Crippen LogP contribution >= 0.6 is 0 Å². The zero-order chi connectivity index (χ0) is 13.7. The summed E-state index contributed by atoms with van der Waals surface area (Å²) >= 11 is 0. The van der Waals surface area contributed by atoms with Gasteiger partial charge in [0.25, 0.3) is 0 Å². The van der Waals surface area contributed by atoms with Gasteiger partial charge in [-0.2, -0.15) is 0 Å². The highest BCUT2D eigenvalue weighted by Crippen LogP contribution is 2.21. The molecule has 1 unspecified atom stereocenters. The third-order valence-electron chi connectivity index (χ3n) is 3.49. The molecule has 3 heteroatoms. The van der Waals surface area contributed by atoms with Crippen LogP contribution in [0.25, 0.3) is 0 Å². The van der Waals surface area contributed by atoms with E-state index in [4.69, 9.17) is 4.42 Å². The lowest BCUT2D eigenvalue weighted by molar-refractivity contribution is 0.563. The molecule has 1 N–H and O–H groups in total. The summed E-state index contributed by atoms with van der Waals surface area (Å²) in [5.74, 6) is 0. The molecule has 0 amide bonds. The highest BCUT2D eigenvalue weighted by Gasteiger charge is 2.07. The Hall–Kier alpha value is -1.74. The van der Waals surface area contributed by atoms with Gasteiger partial charge in [-0.3, -0.25) is 0 Å². The van der Waals surface area contributed by atoms with Crippen molar-refractivity contribution < 1.29 is 4.42 Å². The van der Waals surface area contributed by atoms with Crippen molar-refractivity contribution in [2.75, 3.05) is 19.0 Å². The van der Waals surface area contributed by atoms with Crippen LogP contribution in [-0.2, 0) is 6.54 Å². The fraction of sp³-hybridized carbons (Fsp3) is 0.375. The standard InChI is InChI=1S/C16H22N2O/c1-4-16(17-2)14-5-7-15(8-6-14)18(3)11-13-9-10-19-12-13/h5-10,12,16-17H,4,11H2,1-3H3. The summed E-state index contributed by atoms with van der Waals surface area (Å²) < 4.78 is 5.10. The van der Waals surface area contributed by atoms with Crippen LogP contribution in [-0.4, -0.2) is 14.1 Å². The Kier molecular flexibility index (Phi) is 4.63. The molecule has 0 aliphatic heterocycles. The number of hydrogen-bond acceptors (Lipinski definition) is 3. The van der Waals surface area contributed by atoms with Crippen LogP contribution in [0.4, 0.5) is 5.69 Å². The fourth-order valence-corrected chi connectivity index (χ4v) is 2.32. The van der Waals surface area contributed by atoms with Crippen LogP contribution in [0.5, 0.6) is 0 Å². The molecule has 2 aromatic rings. The molecule has 1 atom stereocenters. The molecule has 0 bridgehead atoms. The average molecular weight is 258 g/mol. The maximum atomic E-state index is 5.10. The SMILES string of the molecule is CCC(NC)c1ccc(N(C)Cc2ccoc2)cc1. The van der Waals surface area contributed by atoms with E-state index >= 15 is 0 Å². The molecule has 0 radical (unpaired) electrons.